The van der Waals surface area contributed by atoms with Crippen LogP contribution < -0.4 is 5.32 Å². The number of carboxylic acids is 1. The van der Waals surface area contributed by atoms with Crippen LogP contribution in [0.15, 0.2) is 0 Å². The first kappa shape index (κ1) is 13.4. The van der Waals surface area contributed by atoms with Crippen LogP contribution in [0.25, 0.3) is 0 Å². The fraction of sp³-hybridized carbons (Fsp3) is 0.900. The molecule has 2 unspecified atom stereocenters. The number of ether oxygens (including phenoxy) is 1. The third-order valence-electron chi connectivity index (χ3n) is 2.11. The zero-order chi connectivity index (χ0) is 11.0. The van der Waals surface area contributed by atoms with Crippen LogP contribution in [-0.2, 0) is 9.53 Å². The summed E-state index contributed by atoms with van der Waals surface area (Å²) in [7, 11) is 1.62. The summed E-state index contributed by atoms with van der Waals surface area (Å²) in [5.41, 5.74) is 0. The quantitative estimate of drug-likeness (QED) is 0.620. The van der Waals surface area contributed by atoms with E-state index in [0.29, 0.717) is 12.5 Å². The molecular formula is C10H21NO3. The lowest BCUT2D eigenvalue weighted by Crippen LogP contribution is -2.38. The Kier molecular flexibility index (Phi) is 7.42. The maximum atomic E-state index is 10.6. The lowest BCUT2D eigenvalue weighted by atomic mass is 10.1. The number of rotatable bonds is 8. The Morgan fingerprint density at radius 2 is 2.14 bits per heavy atom. The third kappa shape index (κ3) is 5.94. The lowest BCUT2D eigenvalue weighted by molar-refractivity contribution is -0.141. The number of hydrogen-bond donors (Lipinski definition) is 2. The Morgan fingerprint density at radius 1 is 1.50 bits per heavy atom. The van der Waals surface area contributed by atoms with E-state index in [1.54, 1.807) is 7.05 Å². The van der Waals surface area contributed by atoms with Crippen LogP contribution in [0.1, 0.15) is 26.7 Å². The molecule has 0 spiro atoms. The van der Waals surface area contributed by atoms with Gasteiger partial charge in [0, 0.05) is 6.61 Å². The molecule has 0 aromatic heterocycles. The third-order valence-corrected chi connectivity index (χ3v) is 2.11. The van der Waals surface area contributed by atoms with Gasteiger partial charge in [0.05, 0.1) is 6.61 Å². The van der Waals surface area contributed by atoms with Crippen molar-refractivity contribution in [1.82, 2.24) is 5.32 Å². The summed E-state index contributed by atoms with van der Waals surface area (Å²) in [5.74, 6) is -0.359. The minimum atomic E-state index is -0.865. The normalized spacial score (nSPS) is 15.1. The lowest BCUT2D eigenvalue weighted by Gasteiger charge is -2.14. The highest BCUT2D eigenvalue weighted by Gasteiger charge is 2.14. The fourth-order valence-electron chi connectivity index (χ4n) is 1.24. The molecule has 4 nitrogen and oxygen atoms in total. The SMILES string of the molecule is CCCC(C)COCC(NC)C(=O)O. The van der Waals surface area contributed by atoms with Gasteiger partial charge in [0.25, 0.3) is 0 Å². The van der Waals surface area contributed by atoms with Gasteiger partial charge in [-0.3, -0.25) is 4.79 Å². The molecule has 14 heavy (non-hydrogen) atoms. The van der Waals surface area contributed by atoms with Crippen molar-refractivity contribution in [2.24, 2.45) is 5.92 Å². The molecule has 0 aromatic carbocycles. The second kappa shape index (κ2) is 7.76. The van der Waals surface area contributed by atoms with Gasteiger partial charge in [-0.25, -0.2) is 0 Å². The van der Waals surface area contributed by atoms with Crippen LogP contribution in [0.4, 0.5) is 0 Å². The summed E-state index contributed by atoms with van der Waals surface area (Å²) in [6.07, 6.45) is 2.26. The molecule has 4 heteroatoms. The van der Waals surface area contributed by atoms with E-state index in [1.807, 2.05) is 0 Å². The molecule has 0 rings (SSSR count). The molecule has 2 N–H and O–H groups in total. The zero-order valence-corrected chi connectivity index (χ0v) is 9.25. The second-order valence-corrected chi connectivity index (χ2v) is 3.61. The molecule has 0 aromatic rings. The molecule has 0 fully saturated rings. The van der Waals surface area contributed by atoms with Gasteiger partial charge in [-0.1, -0.05) is 20.3 Å². The average molecular weight is 203 g/mol. The van der Waals surface area contributed by atoms with Gasteiger partial charge in [-0.05, 0) is 19.4 Å². The molecule has 0 aliphatic heterocycles. The molecule has 0 amide bonds. The maximum absolute atomic E-state index is 10.6. The van der Waals surface area contributed by atoms with Crippen molar-refractivity contribution in [2.75, 3.05) is 20.3 Å². The van der Waals surface area contributed by atoms with Crippen molar-refractivity contribution in [3.63, 3.8) is 0 Å². The van der Waals surface area contributed by atoms with Crippen LogP contribution in [-0.4, -0.2) is 37.4 Å². The van der Waals surface area contributed by atoms with Gasteiger partial charge in [0.1, 0.15) is 6.04 Å². The summed E-state index contributed by atoms with van der Waals surface area (Å²) in [5, 5.41) is 11.4. The molecule has 0 bridgehead atoms. The first-order valence-corrected chi connectivity index (χ1v) is 5.09. The van der Waals surface area contributed by atoms with Gasteiger partial charge in [-0.15, -0.1) is 0 Å². The Labute approximate surface area is 85.6 Å². The highest BCUT2D eigenvalue weighted by atomic mass is 16.5. The number of aliphatic carboxylic acids is 1. The first-order chi connectivity index (χ1) is 6.61. The van der Waals surface area contributed by atoms with Gasteiger partial charge >= 0.3 is 5.97 Å². The van der Waals surface area contributed by atoms with Crippen molar-refractivity contribution < 1.29 is 14.6 Å². The van der Waals surface area contributed by atoms with Crippen LogP contribution in [0.5, 0.6) is 0 Å². The van der Waals surface area contributed by atoms with Gasteiger partial charge in [0.15, 0.2) is 0 Å². The Hall–Kier alpha value is -0.610. The summed E-state index contributed by atoms with van der Waals surface area (Å²) >= 11 is 0. The van der Waals surface area contributed by atoms with Gasteiger partial charge in [0.2, 0.25) is 0 Å². The Morgan fingerprint density at radius 3 is 2.57 bits per heavy atom. The highest BCUT2D eigenvalue weighted by molar-refractivity contribution is 5.73. The minimum absolute atomic E-state index is 0.236. The zero-order valence-electron chi connectivity index (χ0n) is 9.25. The Bertz CT molecular complexity index is 161. The van der Waals surface area contributed by atoms with Gasteiger partial charge < -0.3 is 15.2 Å². The second-order valence-electron chi connectivity index (χ2n) is 3.61. The maximum Gasteiger partial charge on any atom is 0.323 e. The van der Waals surface area contributed by atoms with E-state index in [0.717, 1.165) is 12.8 Å². The van der Waals surface area contributed by atoms with Crippen molar-refractivity contribution in [3.05, 3.63) is 0 Å². The molecule has 0 saturated heterocycles. The van der Waals surface area contributed by atoms with E-state index in [1.165, 1.54) is 0 Å². The summed E-state index contributed by atoms with van der Waals surface area (Å²) in [6.45, 7) is 5.11. The molecule has 84 valence electrons. The van der Waals surface area contributed by atoms with E-state index in [9.17, 15) is 4.79 Å². The number of nitrogens with one attached hydrogen (secondary N) is 1. The summed E-state index contributed by atoms with van der Waals surface area (Å²) in [6, 6.07) is -0.594. The van der Waals surface area contributed by atoms with Gasteiger partial charge in [-0.2, -0.15) is 0 Å². The summed E-state index contributed by atoms with van der Waals surface area (Å²) in [4.78, 5) is 10.6. The van der Waals surface area contributed by atoms with Crippen LogP contribution in [0.3, 0.4) is 0 Å². The standard InChI is InChI=1S/C10H21NO3/c1-4-5-8(2)6-14-7-9(11-3)10(12)13/h8-9,11H,4-7H2,1-3H3,(H,12,13). The van der Waals surface area contributed by atoms with Crippen LogP contribution in [0, 0.1) is 5.92 Å². The fourth-order valence-corrected chi connectivity index (χ4v) is 1.24. The van der Waals surface area contributed by atoms with E-state index >= 15 is 0 Å². The number of carboxylic acid groups (broad SMARTS) is 1. The number of carbonyl (C=O) groups is 1. The molecule has 0 radical (unpaired) electrons. The molecule has 0 saturated carbocycles. The van der Waals surface area contributed by atoms with Crippen molar-refractivity contribution in [2.45, 2.75) is 32.7 Å². The van der Waals surface area contributed by atoms with Crippen molar-refractivity contribution >= 4 is 5.97 Å². The van der Waals surface area contributed by atoms with Crippen LogP contribution >= 0.6 is 0 Å². The van der Waals surface area contributed by atoms with E-state index in [4.69, 9.17) is 9.84 Å². The van der Waals surface area contributed by atoms with E-state index < -0.39 is 12.0 Å². The van der Waals surface area contributed by atoms with E-state index in [-0.39, 0.29) is 6.61 Å². The van der Waals surface area contributed by atoms with Crippen molar-refractivity contribution in [3.8, 4) is 0 Å². The smallest absolute Gasteiger partial charge is 0.323 e. The monoisotopic (exact) mass is 203 g/mol. The Balaban J connectivity index is 3.55. The average Bonchev–Trinajstić information content (AvgIpc) is 2.12. The molecule has 0 aliphatic rings. The summed E-state index contributed by atoms with van der Waals surface area (Å²) < 4.78 is 5.32. The predicted octanol–water partition coefficient (Wildman–Crippen LogP) is 1.11. The van der Waals surface area contributed by atoms with E-state index in [2.05, 4.69) is 19.2 Å². The number of hydrogen-bond acceptors (Lipinski definition) is 3. The first-order valence-electron chi connectivity index (χ1n) is 5.09. The van der Waals surface area contributed by atoms with Crippen LogP contribution in [0.2, 0.25) is 0 Å². The van der Waals surface area contributed by atoms with Crippen molar-refractivity contribution in [1.29, 1.82) is 0 Å². The molecule has 0 aliphatic carbocycles. The topological polar surface area (TPSA) is 58.6 Å². The molecular weight excluding hydrogens is 182 g/mol. The number of likely N-dealkylation sites (N-methyl/N-ethyl adjacent to an activating group) is 1. The minimum Gasteiger partial charge on any atom is -0.480 e. The largest absolute Gasteiger partial charge is 0.480 e. The molecule has 0 heterocycles. The highest BCUT2D eigenvalue weighted by Crippen LogP contribution is 2.05. The molecule has 2 atom stereocenters. The predicted molar refractivity (Wildman–Crippen MR) is 55.4 cm³/mol.